The number of rotatable bonds is 8. The van der Waals surface area contributed by atoms with Gasteiger partial charge < -0.3 is 14.4 Å². The van der Waals surface area contributed by atoms with Crippen LogP contribution in [0, 0.1) is 5.92 Å². The van der Waals surface area contributed by atoms with Crippen molar-refractivity contribution in [2.24, 2.45) is 5.92 Å². The second-order valence-electron chi connectivity index (χ2n) is 4.48. The van der Waals surface area contributed by atoms with Gasteiger partial charge in [0.15, 0.2) is 0 Å². The van der Waals surface area contributed by atoms with Crippen LogP contribution in [-0.4, -0.2) is 43.8 Å². The second-order valence-corrected chi connectivity index (χ2v) is 4.48. The van der Waals surface area contributed by atoms with E-state index < -0.39 is 12.1 Å². The van der Waals surface area contributed by atoms with Gasteiger partial charge in [0, 0.05) is 7.05 Å². The van der Waals surface area contributed by atoms with Gasteiger partial charge in [-0.1, -0.05) is 26.5 Å². The summed E-state index contributed by atoms with van der Waals surface area (Å²) >= 11 is 0. The van der Waals surface area contributed by atoms with Gasteiger partial charge in [0.25, 0.3) is 0 Å². The first kappa shape index (κ1) is 16.5. The average Bonchev–Trinajstić information content (AvgIpc) is 2.31. The molecule has 5 nitrogen and oxygen atoms in total. The summed E-state index contributed by atoms with van der Waals surface area (Å²) in [6.07, 6.45) is 2.77. The van der Waals surface area contributed by atoms with Crippen molar-refractivity contribution in [2.75, 3.05) is 26.8 Å². The van der Waals surface area contributed by atoms with Crippen LogP contribution >= 0.6 is 0 Å². The SMILES string of the molecule is C=CCOC(=O)N(C)CC(=O)OCCCC(C)C. The molecule has 0 aliphatic heterocycles. The minimum atomic E-state index is -0.561. The molecule has 0 unspecified atom stereocenters. The van der Waals surface area contributed by atoms with Crippen molar-refractivity contribution in [3.8, 4) is 0 Å². The van der Waals surface area contributed by atoms with Crippen molar-refractivity contribution in [3.63, 3.8) is 0 Å². The van der Waals surface area contributed by atoms with Crippen LogP contribution in [0.1, 0.15) is 26.7 Å². The largest absolute Gasteiger partial charge is 0.464 e. The number of nitrogens with zero attached hydrogens (tertiary/aromatic N) is 1. The third-order valence-corrected chi connectivity index (χ3v) is 2.19. The van der Waals surface area contributed by atoms with Crippen LogP contribution in [0.3, 0.4) is 0 Å². The monoisotopic (exact) mass is 257 g/mol. The first-order valence-corrected chi connectivity index (χ1v) is 6.11. The molecule has 0 atom stereocenters. The summed E-state index contributed by atoms with van der Waals surface area (Å²) in [7, 11) is 1.49. The zero-order valence-electron chi connectivity index (χ0n) is 11.5. The standard InChI is InChI=1S/C13H23NO4/c1-5-8-18-13(16)14(4)10-12(15)17-9-6-7-11(2)3/h5,11H,1,6-10H2,2-4H3. The predicted octanol–water partition coefficient (Wildman–Crippen LogP) is 2.22. The zero-order valence-corrected chi connectivity index (χ0v) is 11.5. The van der Waals surface area contributed by atoms with Gasteiger partial charge in [0.1, 0.15) is 13.2 Å². The van der Waals surface area contributed by atoms with E-state index in [1.807, 2.05) is 0 Å². The molecule has 104 valence electrons. The molecule has 0 aromatic heterocycles. The fourth-order valence-corrected chi connectivity index (χ4v) is 1.22. The Bertz CT molecular complexity index is 276. The minimum absolute atomic E-state index is 0.0995. The summed E-state index contributed by atoms with van der Waals surface area (Å²) in [5.41, 5.74) is 0. The van der Waals surface area contributed by atoms with Crippen molar-refractivity contribution in [1.29, 1.82) is 0 Å². The molecular formula is C13H23NO4. The highest BCUT2D eigenvalue weighted by atomic mass is 16.6. The number of likely N-dealkylation sites (N-methyl/N-ethyl adjacent to an activating group) is 1. The number of hydrogen-bond donors (Lipinski definition) is 0. The van der Waals surface area contributed by atoms with Gasteiger partial charge in [-0.2, -0.15) is 0 Å². The lowest BCUT2D eigenvalue weighted by Gasteiger charge is -2.15. The van der Waals surface area contributed by atoms with Crippen LogP contribution in [0.4, 0.5) is 4.79 Å². The first-order valence-electron chi connectivity index (χ1n) is 6.11. The van der Waals surface area contributed by atoms with Gasteiger partial charge in [0.05, 0.1) is 6.61 Å². The molecule has 0 rings (SSSR count). The number of ether oxygens (including phenoxy) is 2. The van der Waals surface area contributed by atoms with Gasteiger partial charge >= 0.3 is 12.1 Å². The van der Waals surface area contributed by atoms with Crippen molar-refractivity contribution in [3.05, 3.63) is 12.7 Å². The van der Waals surface area contributed by atoms with Crippen LogP contribution in [0.15, 0.2) is 12.7 Å². The normalized spacial score (nSPS) is 10.0. The maximum atomic E-state index is 11.4. The summed E-state index contributed by atoms with van der Waals surface area (Å²) in [4.78, 5) is 23.9. The van der Waals surface area contributed by atoms with E-state index in [1.54, 1.807) is 0 Å². The quantitative estimate of drug-likeness (QED) is 0.380. The summed E-state index contributed by atoms with van der Waals surface area (Å²) in [6, 6.07) is 0. The van der Waals surface area contributed by atoms with E-state index in [2.05, 4.69) is 20.4 Å². The van der Waals surface area contributed by atoms with E-state index in [0.717, 1.165) is 12.8 Å². The lowest BCUT2D eigenvalue weighted by Crippen LogP contribution is -2.33. The molecule has 0 N–H and O–H groups in total. The maximum Gasteiger partial charge on any atom is 0.410 e. The summed E-state index contributed by atoms with van der Waals surface area (Å²) in [5.74, 6) is 0.178. The van der Waals surface area contributed by atoms with Crippen LogP contribution in [0.5, 0.6) is 0 Å². The molecule has 0 heterocycles. The third-order valence-electron chi connectivity index (χ3n) is 2.19. The number of esters is 1. The van der Waals surface area contributed by atoms with Crippen LogP contribution < -0.4 is 0 Å². The molecular weight excluding hydrogens is 234 g/mol. The lowest BCUT2D eigenvalue weighted by molar-refractivity contribution is -0.144. The van der Waals surface area contributed by atoms with Gasteiger partial charge in [0.2, 0.25) is 0 Å². The van der Waals surface area contributed by atoms with Crippen molar-refractivity contribution in [2.45, 2.75) is 26.7 Å². The highest BCUT2D eigenvalue weighted by Gasteiger charge is 2.14. The Hall–Kier alpha value is -1.52. The molecule has 0 aliphatic rings. The fourth-order valence-electron chi connectivity index (χ4n) is 1.22. The summed E-state index contributed by atoms with van der Waals surface area (Å²) in [6.45, 7) is 8.09. The fraction of sp³-hybridized carbons (Fsp3) is 0.692. The van der Waals surface area contributed by atoms with E-state index in [-0.39, 0.29) is 13.2 Å². The van der Waals surface area contributed by atoms with Crippen molar-refractivity contribution in [1.82, 2.24) is 4.90 Å². The number of carbonyl (C=O) groups excluding carboxylic acids is 2. The lowest BCUT2D eigenvalue weighted by atomic mass is 10.1. The Morgan fingerprint density at radius 1 is 1.33 bits per heavy atom. The number of hydrogen-bond acceptors (Lipinski definition) is 4. The third kappa shape index (κ3) is 8.61. The zero-order chi connectivity index (χ0) is 14.0. The van der Waals surface area contributed by atoms with Gasteiger partial charge in [-0.15, -0.1) is 0 Å². The minimum Gasteiger partial charge on any atom is -0.464 e. The molecule has 0 bridgehead atoms. The molecule has 0 aromatic carbocycles. The van der Waals surface area contributed by atoms with E-state index in [4.69, 9.17) is 9.47 Å². The van der Waals surface area contributed by atoms with E-state index in [0.29, 0.717) is 12.5 Å². The molecule has 1 amide bonds. The van der Waals surface area contributed by atoms with E-state index in [9.17, 15) is 9.59 Å². The molecule has 0 saturated carbocycles. The van der Waals surface area contributed by atoms with Crippen molar-refractivity contribution >= 4 is 12.1 Å². The summed E-state index contributed by atoms with van der Waals surface area (Å²) < 4.78 is 9.78. The van der Waals surface area contributed by atoms with Crippen LogP contribution in [0.25, 0.3) is 0 Å². The van der Waals surface area contributed by atoms with Gasteiger partial charge in [-0.3, -0.25) is 4.79 Å². The Labute approximate surface area is 109 Å². The Kier molecular flexibility index (Phi) is 8.70. The summed E-state index contributed by atoms with van der Waals surface area (Å²) in [5, 5.41) is 0. The van der Waals surface area contributed by atoms with Crippen LogP contribution in [0.2, 0.25) is 0 Å². The molecule has 0 radical (unpaired) electrons. The highest BCUT2D eigenvalue weighted by Crippen LogP contribution is 2.03. The molecule has 0 aliphatic carbocycles. The molecule has 0 fully saturated rings. The molecule has 0 aromatic rings. The van der Waals surface area contributed by atoms with Gasteiger partial charge in [-0.05, 0) is 18.8 Å². The van der Waals surface area contributed by atoms with Crippen LogP contribution in [-0.2, 0) is 14.3 Å². The Morgan fingerprint density at radius 3 is 2.56 bits per heavy atom. The smallest absolute Gasteiger partial charge is 0.410 e. The molecule has 0 spiro atoms. The second kappa shape index (κ2) is 9.50. The molecule has 0 saturated heterocycles. The van der Waals surface area contributed by atoms with E-state index in [1.165, 1.54) is 18.0 Å². The van der Waals surface area contributed by atoms with Gasteiger partial charge in [-0.25, -0.2) is 4.79 Å². The highest BCUT2D eigenvalue weighted by molar-refractivity contribution is 5.77. The maximum absolute atomic E-state index is 11.4. The Morgan fingerprint density at radius 2 is 2.00 bits per heavy atom. The first-order chi connectivity index (χ1) is 8.47. The molecule has 18 heavy (non-hydrogen) atoms. The average molecular weight is 257 g/mol. The topological polar surface area (TPSA) is 55.8 Å². The molecule has 5 heteroatoms. The van der Waals surface area contributed by atoms with E-state index >= 15 is 0 Å². The predicted molar refractivity (Wildman–Crippen MR) is 69.2 cm³/mol. The van der Waals surface area contributed by atoms with Crippen molar-refractivity contribution < 1.29 is 19.1 Å². The number of carbonyl (C=O) groups is 2. The Balaban J connectivity index is 3.72. The number of amides is 1.